The molecule has 0 saturated carbocycles. The van der Waals surface area contributed by atoms with Crippen molar-refractivity contribution in [3.05, 3.63) is 47.0 Å². The molecule has 0 nitrogen and oxygen atoms in total. The summed E-state index contributed by atoms with van der Waals surface area (Å²) in [6.07, 6.45) is 7.82. The molecule has 0 radical (unpaired) electrons. The lowest BCUT2D eigenvalue weighted by molar-refractivity contribution is 0.842. The molecule has 0 fully saturated rings. The van der Waals surface area contributed by atoms with Crippen LogP contribution in [-0.2, 0) is 6.42 Å². The van der Waals surface area contributed by atoms with Crippen LogP contribution in [0.1, 0.15) is 25.3 Å². The first kappa shape index (κ1) is 10.3. The lowest BCUT2D eigenvalue weighted by Gasteiger charge is -1.98. The summed E-state index contributed by atoms with van der Waals surface area (Å²) < 4.78 is 0. The second-order valence-corrected chi connectivity index (χ2v) is 3.52. The Hall–Kier alpha value is -0.750. The summed E-state index contributed by atoms with van der Waals surface area (Å²) in [6.45, 7) is 2.06. The number of unbranched alkanes of at least 4 members (excludes halogenated alkanes) is 1. The molecule has 1 heteroatoms. The van der Waals surface area contributed by atoms with Crippen LogP contribution in [0.3, 0.4) is 0 Å². The zero-order valence-corrected chi connectivity index (χ0v) is 8.72. The maximum atomic E-state index is 5.78. The van der Waals surface area contributed by atoms with Gasteiger partial charge in [-0.15, -0.1) is 0 Å². The zero-order valence-electron chi connectivity index (χ0n) is 7.96. The Labute approximate surface area is 85.2 Å². The average Bonchev–Trinajstić information content (AvgIpc) is 2.15. The van der Waals surface area contributed by atoms with Gasteiger partial charge in [-0.05, 0) is 43.9 Å². The Bertz CT molecular complexity index is 259. The van der Waals surface area contributed by atoms with Gasteiger partial charge in [-0.25, -0.2) is 0 Å². The largest absolute Gasteiger partial charge is 0.0917 e. The van der Waals surface area contributed by atoms with E-state index < -0.39 is 0 Å². The van der Waals surface area contributed by atoms with E-state index in [0.717, 1.165) is 11.4 Å². The first-order valence-corrected chi connectivity index (χ1v) is 5.06. The molecule has 70 valence electrons. The molecule has 0 bridgehead atoms. The Morgan fingerprint density at radius 2 is 1.92 bits per heavy atom. The number of aryl methyl sites for hydroxylation is 1. The SMILES string of the molecule is CC=CCCCc1ccc(Cl)cc1. The second-order valence-electron chi connectivity index (χ2n) is 3.09. The monoisotopic (exact) mass is 194 g/mol. The molecule has 0 atom stereocenters. The summed E-state index contributed by atoms with van der Waals surface area (Å²) in [7, 11) is 0. The van der Waals surface area contributed by atoms with E-state index in [9.17, 15) is 0 Å². The van der Waals surface area contributed by atoms with E-state index in [-0.39, 0.29) is 0 Å². The molecule has 13 heavy (non-hydrogen) atoms. The van der Waals surface area contributed by atoms with Gasteiger partial charge in [0, 0.05) is 5.02 Å². The lowest BCUT2D eigenvalue weighted by Crippen LogP contribution is -1.83. The highest BCUT2D eigenvalue weighted by Gasteiger charge is 1.91. The van der Waals surface area contributed by atoms with Crippen molar-refractivity contribution < 1.29 is 0 Å². The van der Waals surface area contributed by atoms with Gasteiger partial charge >= 0.3 is 0 Å². The lowest BCUT2D eigenvalue weighted by atomic mass is 10.1. The minimum Gasteiger partial charge on any atom is -0.0917 e. The van der Waals surface area contributed by atoms with Crippen molar-refractivity contribution in [2.24, 2.45) is 0 Å². The highest BCUT2D eigenvalue weighted by molar-refractivity contribution is 6.30. The average molecular weight is 195 g/mol. The first-order chi connectivity index (χ1) is 6.33. The van der Waals surface area contributed by atoms with Crippen molar-refractivity contribution in [2.45, 2.75) is 26.2 Å². The number of benzene rings is 1. The third-order valence-corrected chi connectivity index (χ3v) is 2.24. The summed E-state index contributed by atoms with van der Waals surface area (Å²) in [6, 6.07) is 8.09. The summed E-state index contributed by atoms with van der Waals surface area (Å²) in [5.74, 6) is 0. The predicted molar refractivity (Wildman–Crippen MR) is 59.2 cm³/mol. The van der Waals surface area contributed by atoms with Gasteiger partial charge in [0.25, 0.3) is 0 Å². The fourth-order valence-corrected chi connectivity index (χ4v) is 1.37. The van der Waals surface area contributed by atoms with Crippen molar-refractivity contribution in [1.82, 2.24) is 0 Å². The second kappa shape index (κ2) is 5.82. The van der Waals surface area contributed by atoms with E-state index in [1.807, 2.05) is 12.1 Å². The highest BCUT2D eigenvalue weighted by Crippen LogP contribution is 2.11. The normalized spacial score (nSPS) is 10.9. The van der Waals surface area contributed by atoms with Crippen molar-refractivity contribution in [1.29, 1.82) is 0 Å². The Balaban J connectivity index is 2.33. The summed E-state index contributed by atoms with van der Waals surface area (Å²) in [5, 5.41) is 0.817. The van der Waals surface area contributed by atoms with Crippen LogP contribution >= 0.6 is 11.6 Å². The maximum Gasteiger partial charge on any atom is 0.0406 e. The highest BCUT2D eigenvalue weighted by atomic mass is 35.5. The molecular weight excluding hydrogens is 180 g/mol. The van der Waals surface area contributed by atoms with Crippen molar-refractivity contribution in [3.8, 4) is 0 Å². The third-order valence-electron chi connectivity index (χ3n) is 1.99. The van der Waals surface area contributed by atoms with E-state index in [4.69, 9.17) is 11.6 Å². The molecule has 0 amide bonds. The Morgan fingerprint density at radius 3 is 2.54 bits per heavy atom. The molecule has 0 aliphatic heterocycles. The maximum absolute atomic E-state index is 5.78. The van der Waals surface area contributed by atoms with Gasteiger partial charge in [-0.2, -0.15) is 0 Å². The fraction of sp³-hybridized carbons (Fsp3) is 0.333. The molecule has 0 aliphatic rings. The predicted octanol–water partition coefficient (Wildman–Crippen LogP) is 4.24. The minimum absolute atomic E-state index is 0.817. The van der Waals surface area contributed by atoms with Gasteiger partial charge in [0.05, 0.1) is 0 Å². The fourth-order valence-electron chi connectivity index (χ4n) is 1.24. The smallest absolute Gasteiger partial charge is 0.0406 e. The molecule has 0 heterocycles. The van der Waals surface area contributed by atoms with Crippen LogP contribution in [0.15, 0.2) is 36.4 Å². The number of halogens is 1. The molecule has 1 aromatic carbocycles. The van der Waals surface area contributed by atoms with Crippen LogP contribution in [0, 0.1) is 0 Å². The van der Waals surface area contributed by atoms with Gasteiger partial charge in [0.1, 0.15) is 0 Å². The van der Waals surface area contributed by atoms with Crippen LogP contribution < -0.4 is 0 Å². The van der Waals surface area contributed by atoms with Crippen molar-refractivity contribution in [2.75, 3.05) is 0 Å². The Kier molecular flexibility index (Phi) is 4.63. The van der Waals surface area contributed by atoms with Gasteiger partial charge in [-0.3, -0.25) is 0 Å². The Morgan fingerprint density at radius 1 is 1.23 bits per heavy atom. The molecule has 0 unspecified atom stereocenters. The summed E-state index contributed by atoms with van der Waals surface area (Å²) in [4.78, 5) is 0. The van der Waals surface area contributed by atoms with E-state index in [1.54, 1.807) is 0 Å². The van der Waals surface area contributed by atoms with Gasteiger partial charge < -0.3 is 0 Å². The van der Waals surface area contributed by atoms with Gasteiger partial charge in [0.2, 0.25) is 0 Å². The molecule has 0 spiro atoms. The first-order valence-electron chi connectivity index (χ1n) is 4.68. The topological polar surface area (TPSA) is 0 Å². The molecule has 0 aromatic heterocycles. The molecule has 0 saturated heterocycles. The number of hydrogen-bond donors (Lipinski definition) is 0. The van der Waals surface area contributed by atoms with E-state index in [1.165, 1.54) is 18.4 Å². The molecule has 0 aliphatic carbocycles. The van der Waals surface area contributed by atoms with Crippen LogP contribution in [0.2, 0.25) is 5.02 Å². The van der Waals surface area contributed by atoms with E-state index in [2.05, 4.69) is 31.2 Å². The quantitative estimate of drug-likeness (QED) is 0.497. The molecule has 1 aromatic rings. The van der Waals surface area contributed by atoms with Crippen LogP contribution in [-0.4, -0.2) is 0 Å². The summed E-state index contributed by atoms with van der Waals surface area (Å²) in [5.41, 5.74) is 1.37. The van der Waals surface area contributed by atoms with Crippen molar-refractivity contribution >= 4 is 11.6 Å². The number of hydrogen-bond acceptors (Lipinski definition) is 0. The zero-order chi connectivity index (χ0) is 9.52. The van der Waals surface area contributed by atoms with Crippen LogP contribution in [0.4, 0.5) is 0 Å². The molecule has 1 rings (SSSR count). The van der Waals surface area contributed by atoms with E-state index >= 15 is 0 Å². The standard InChI is InChI=1S/C12H15Cl/c1-2-3-4-5-6-11-7-9-12(13)10-8-11/h2-3,7-10H,4-6H2,1H3. The van der Waals surface area contributed by atoms with Crippen LogP contribution in [0.5, 0.6) is 0 Å². The van der Waals surface area contributed by atoms with Gasteiger partial charge in [0.15, 0.2) is 0 Å². The van der Waals surface area contributed by atoms with E-state index in [0.29, 0.717) is 0 Å². The van der Waals surface area contributed by atoms with Gasteiger partial charge in [-0.1, -0.05) is 35.9 Å². The third kappa shape index (κ3) is 4.14. The van der Waals surface area contributed by atoms with Crippen LogP contribution in [0.25, 0.3) is 0 Å². The minimum atomic E-state index is 0.817. The number of rotatable bonds is 4. The number of allylic oxidation sites excluding steroid dienone is 2. The molecular formula is C12H15Cl. The van der Waals surface area contributed by atoms with Crippen molar-refractivity contribution in [3.63, 3.8) is 0 Å². The molecule has 0 N–H and O–H groups in total. The summed E-state index contributed by atoms with van der Waals surface area (Å²) >= 11 is 5.78.